The fourth-order valence-electron chi connectivity index (χ4n) is 4.83. The lowest BCUT2D eigenvalue weighted by Gasteiger charge is -2.35. The van der Waals surface area contributed by atoms with Crippen LogP contribution in [0.25, 0.3) is 10.9 Å². The normalized spacial score (nSPS) is 19.9. The van der Waals surface area contributed by atoms with Gasteiger partial charge < -0.3 is 20.5 Å². The summed E-state index contributed by atoms with van der Waals surface area (Å²) in [4.78, 5) is 24.8. The maximum atomic E-state index is 13.7. The monoisotopic (exact) mass is 479 g/mol. The number of nitrogens with one attached hydrogen (secondary N) is 2. The van der Waals surface area contributed by atoms with Gasteiger partial charge in [0.15, 0.2) is 0 Å². The molecule has 0 spiro atoms. The summed E-state index contributed by atoms with van der Waals surface area (Å²) in [6.45, 7) is 1.33. The van der Waals surface area contributed by atoms with Gasteiger partial charge >= 0.3 is 5.97 Å². The molecule has 1 atom stereocenters. The Hall–Kier alpha value is -3.33. The number of hydrogen-bond acceptors (Lipinski definition) is 7. The topological polar surface area (TPSA) is 109 Å². The number of halogens is 1. The summed E-state index contributed by atoms with van der Waals surface area (Å²) in [7, 11) is 0. The molecule has 3 aromatic rings. The summed E-state index contributed by atoms with van der Waals surface area (Å²) in [5, 5.41) is 16.4. The number of rotatable bonds is 10. The maximum Gasteiger partial charge on any atom is 0.326 e. The third kappa shape index (κ3) is 5.67. The Morgan fingerprint density at radius 1 is 1.26 bits per heavy atom. The highest BCUT2D eigenvalue weighted by molar-refractivity contribution is 5.90. The minimum atomic E-state index is -1.00. The van der Waals surface area contributed by atoms with Crippen LogP contribution in [0.15, 0.2) is 36.7 Å². The number of carboxylic acids is 1. The van der Waals surface area contributed by atoms with E-state index in [4.69, 9.17) is 9.72 Å². The van der Waals surface area contributed by atoms with Crippen molar-refractivity contribution in [3.05, 3.63) is 53.7 Å². The van der Waals surface area contributed by atoms with Crippen molar-refractivity contribution in [1.82, 2.24) is 15.0 Å². The van der Waals surface area contributed by atoms with Gasteiger partial charge in [0, 0.05) is 30.7 Å². The molecule has 0 bridgehead atoms. The number of ether oxygens (including phenoxy) is 1. The van der Waals surface area contributed by atoms with Crippen LogP contribution in [0.3, 0.4) is 0 Å². The van der Waals surface area contributed by atoms with Gasteiger partial charge in [-0.2, -0.15) is 0 Å². The van der Waals surface area contributed by atoms with Crippen LogP contribution in [0, 0.1) is 11.7 Å². The first-order valence-electron chi connectivity index (χ1n) is 12.3. The number of hydrogen-bond donors (Lipinski definition) is 3. The molecule has 0 unspecified atom stereocenters. The lowest BCUT2D eigenvalue weighted by molar-refractivity contribution is -0.138. The Morgan fingerprint density at radius 2 is 2.14 bits per heavy atom. The van der Waals surface area contributed by atoms with Crippen LogP contribution < -0.4 is 10.6 Å². The van der Waals surface area contributed by atoms with Gasteiger partial charge in [-0.3, -0.25) is 0 Å². The van der Waals surface area contributed by atoms with E-state index in [1.165, 1.54) is 24.0 Å². The SMILES string of the molecule is O=C(O)[C@H](CCO[C@H]1C[C@H](CCc2ccc3c(n2)NCCC3)C1)Nc1ncnc2ccc(F)cc12. The molecular formula is C26H30FN5O3. The zero-order valence-electron chi connectivity index (χ0n) is 19.5. The van der Waals surface area contributed by atoms with Gasteiger partial charge in [0.2, 0.25) is 0 Å². The average Bonchev–Trinajstić information content (AvgIpc) is 2.84. The molecule has 184 valence electrons. The van der Waals surface area contributed by atoms with Gasteiger partial charge in [0.25, 0.3) is 0 Å². The van der Waals surface area contributed by atoms with Crippen LogP contribution in [-0.4, -0.2) is 51.3 Å². The molecule has 8 nitrogen and oxygen atoms in total. The van der Waals surface area contributed by atoms with E-state index in [2.05, 4.69) is 32.7 Å². The van der Waals surface area contributed by atoms with E-state index < -0.39 is 17.8 Å². The summed E-state index contributed by atoms with van der Waals surface area (Å²) in [6, 6.07) is 7.61. The van der Waals surface area contributed by atoms with Crippen LogP contribution in [0.2, 0.25) is 0 Å². The number of carbonyl (C=O) groups is 1. The smallest absolute Gasteiger partial charge is 0.326 e. The van der Waals surface area contributed by atoms with Crippen LogP contribution in [-0.2, 0) is 22.4 Å². The van der Waals surface area contributed by atoms with Crippen molar-refractivity contribution in [3.63, 3.8) is 0 Å². The van der Waals surface area contributed by atoms with E-state index in [1.54, 1.807) is 6.07 Å². The summed E-state index contributed by atoms with van der Waals surface area (Å²) >= 11 is 0. The highest BCUT2D eigenvalue weighted by Crippen LogP contribution is 2.34. The number of carboxylic acid groups (broad SMARTS) is 1. The number of benzene rings is 1. The first kappa shape index (κ1) is 23.4. The zero-order chi connectivity index (χ0) is 24.2. The zero-order valence-corrected chi connectivity index (χ0v) is 19.5. The molecular weight excluding hydrogens is 449 g/mol. The molecule has 2 aliphatic rings. The van der Waals surface area contributed by atoms with Crippen LogP contribution in [0.5, 0.6) is 0 Å². The lowest BCUT2D eigenvalue weighted by atomic mass is 9.79. The third-order valence-electron chi connectivity index (χ3n) is 6.92. The number of aliphatic carboxylic acids is 1. The van der Waals surface area contributed by atoms with Crippen LogP contribution in [0.1, 0.15) is 43.4 Å². The standard InChI is InChI=1S/C26H30FN5O3/c27-18-5-8-22-21(14-18)25(30-15-29-22)32-23(26(33)34)9-11-35-20-12-16(13-20)3-6-19-7-4-17-2-1-10-28-24(17)31-19/h4-5,7-8,14-16,20,23H,1-3,6,9-13H2,(H,28,31)(H,33,34)(H,29,30,32)/t16-,20-,23-/m0/s1. The fraction of sp³-hybridized carbons (Fsp3) is 0.462. The predicted molar refractivity (Wildman–Crippen MR) is 131 cm³/mol. The van der Waals surface area contributed by atoms with Gasteiger partial charge in [-0.15, -0.1) is 0 Å². The second-order valence-corrected chi connectivity index (χ2v) is 9.42. The number of pyridine rings is 1. The lowest BCUT2D eigenvalue weighted by Crippen LogP contribution is -2.35. The molecule has 5 rings (SSSR count). The van der Waals surface area contributed by atoms with Crippen molar-refractivity contribution in [2.24, 2.45) is 5.92 Å². The van der Waals surface area contributed by atoms with E-state index in [1.807, 2.05) is 0 Å². The molecule has 9 heteroatoms. The van der Waals surface area contributed by atoms with Crippen molar-refractivity contribution < 1.29 is 19.0 Å². The largest absolute Gasteiger partial charge is 0.480 e. The Labute approximate surface area is 203 Å². The van der Waals surface area contributed by atoms with E-state index in [-0.39, 0.29) is 12.5 Å². The predicted octanol–water partition coefficient (Wildman–Crippen LogP) is 4.21. The summed E-state index contributed by atoms with van der Waals surface area (Å²) < 4.78 is 19.6. The van der Waals surface area contributed by atoms with Crippen molar-refractivity contribution in [2.75, 3.05) is 23.8 Å². The summed E-state index contributed by atoms with van der Waals surface area (Å²) in [5.41, 5.74) is 2.99. The minimum absolute atomic E-state index is 0.168. The second kappa shape index (κ2) is 10.5. The molecule has 1 saturated carbocycles. The molecule has 3 N–H and O–H groups in total. The Bertz CT molecular complexity index is 1200. The Balaban J connectivity index is 1.06. The van der Waals surface area contributed by atoms with Crippen LogP contribution in [0.4, 0.5) is 16.0 Å². The molecule has 35 heavy (non-hydrogen) atoms. The molecule has 0 saturated heterocycles. The van der Waals surface area contributed by atoms with Gasteiger partial charge in [-0.25, -0.2) is 24.1 Å². The molecule has 3 heterocycles. The van der Waals surface area contributed by atoms with E-state index in [9.17, 15) is 14.3 Å². The highest BCUT2D eigenvalue weighted by Gasteiger charge is 2.30. The fourth-order valence-corrected chi connectivity index (χ4v) is 4.83. The van der Waals surface area contributed by atoms with Gasteiger partial charge in [-0.05, 0) is 74.3 Å². The minimum Gasteiger partial charge on any atom is -0.480 e. The molecule has 0 amide bonds. The van der Waals surface area contributed by atoms with Crippen molar-refractivity contribution in [1.29, 1.82) is 0 Å². The van der Waals surface area contributed by atoms with Crippen LogP contribution >= 0.6 is 0 Å². The second-order valence-electron chi connectivity index (χ2n) is 9.42. The molecule has 0 radical (unpaired) electrons. The first-order valence-corrected chi connectivity index (χ1v) is 12.3. The Kier molecular flexibility index (Phi) is 7.03. The van der Waals surface area contributed by atoms with E-state index in [0.717, 1.165) is 56.6 Å². The van der Waals surface area contributed by atoms with E-state index in [0.29, 0.717) is 29.2 Å². The average molecular weight is 480 g/mol. The molecule has 1 fully saturated rings. The van der Waals surface area contributed by atoms with Crippen molar-refractivity contribution in [3.8, 4) is 0 Å². The number of fused-ring (bicyclic) bond motifs is 2. The molecule has 1 aliphatic heterocycles. The number of aromatic nitrogens is 3. The number of aryl methyl sites for hydroxylation is 2. The van der Waals surface area contributed by atoms with Crippen molar-refractivity contribution >= 4 is 28.5 Å². The molecule has 2 aromatic heterocycles. The summed E-state index contributed by atoms with van der Waals surface area (Å²) in [6.07, 6.45) is 8.08. The maximum absolute atomic E-state index is 13.7. The van der Waals surface area contributed by atoms with E-state index >= 15 is 0 Å². The quantitative estimate of drug-likeness (QED) is 0.397. The molecule has 1 aliphatic carbocycles. The summed E-state index contributed by atoms with van der Waals surface area (Å²) in [5.74, 6) is 0.530. The molecule has 1 aromatic carbocycles. The van der Waals surface area contributed by atoms with Crippen molar-refractivity contribution in [2.45, 2.75) is 57.1 Å². The van der Waals surface area contributed by atoms with Gasteiger partial charge in [0.05, 0.1) is 11.6 Å². The number of nitrogens with zero attached hydrogens (tertiary/aromatic N) is 3. The van der Waals surface area contributed by atoms with Gasteiger partial charge in [0.1, 0.15) is 29.8 Å². The number of anilines is 2. The van der Waals surface area contributed by atoms with Gasteiger partial charge in [-0.1, -0.05) is 6.07 Å². The third-order valence-corrected chi connectivity index (χ3v) is 6.92. The highest BCUT2D eigenvalue weighted by atomic mass is 19.1. The first-order chi connectivity index (χ1) is 17.0. The Morgan fingerprint density at radius 3 is 3.00 bits per heavy atom.